The average molecular weight is 292 g/mol. The van der Waals surface area contributed by atoms with Gasteiger partial charge in [0.25, 0.3) is 0 Å². The second-order valence-corrected chi connectivity index (χ2v) is 4.72. The minimum Gasteiger partial charge on any atom is -0.494 e. The summed E-state index contributed by atoms with van der Waals surface area (Å²) in [6, 6.07) is 6.50. The number of aryl methyl sites for hydroxylation is 2. The second kappa shape index (κ2) is 6.69. The molecule has 1 aromatic carbocycles. The molecule has 0 bridgehead atoms. The maximum Gasteiger partial charge on any atom is 0.165 e. The van der Waals surface area contributed by atoms with Crippen LogP contribution >= 0.6 is 0 Å². The summed E-state index contributed by atoms with van der Waals surface area (Å²) in [7, 11) is 1.44. The Morgan fingerprint density at radius 3 is 2.67 bits per heavy atom. The quantitative estimate of drug-likeness (QED) is 0.632. The lowest BCUT2D eigenvalue weighted by atomic mass is 10.0. The molecule has 1 heterocycles. The van der Waals surface area contributed by atoms with Gasteiger partial charge in [-0.2, -0.15) is 5.10 Å². The van der Waals surface area contributed by atoms with Gasteiger partial charge in [0.1, 0.15) is 0 Å². The number of aromatic nitrogens is 2. The molecule has 2 aromatic rings. The number of halogens is 1. The van der Waals surface area contributed by atoms with Crippen LogP contribution in [-0.4, -0.2) is 16.9 Å². The highest BCUT2D eigenvalue weighted by Gasteiger charge is 2.19. The lowest BCUT2D eigenvalue weighted by Gasteiger charge is -2.18. The van der Waals surface area contributed by atoms with Crippen LogP contribution in [0.4, 0.5) is 4.39 Å². The molecule has 114 valence electrons. The highest BCUT2D eigenvalue weighted by molar-refractivity contribution is 5.35. The van der Waals surface area contributed by atoms with Gasteiger partial charge in [0.05, 0.1) is 24.5 Å². The van der Waals surface area contributed by atoms with Crippen molar-refractivity contribution >= 4 is 0 Å². The monoisotopic (exact) mass is 292 g/mol. The SMILES string of the molecule is CCc1cc(C(NN)c2ccc(OC)c(F)c2)n(CC)n1. The molecule has 0 aliphatic heterocycles. The van der Waals surface area contributed by atoms with Crippen LogP contribution in [0.3, 0.4) is 0 Å². The molecular formula is C15H21FN4O. The Kier molecular flexibility index (Phi) is 4.93. The van der Waals surface area contributed by atoms with Crippen LogP contribution in [0.5, 0.6) is 5.75 Å². The number of nitrogens with two attached hydrogens (primary N) is 1. The van der Waals surface area contributed by atoms with E-state index < -0.39 is 5.82 Å². The number of rotatable bonds is 6. The van der Waals surface area contributed by atoms with Crippen LogP contribution in [0, 0.1) is 5.82 Å². The van der Waals surface area contributed by atoms with Crippen molar-refractivity contribution in [2.75, 3.05) is 7.11 Å². The molecule has 1 atom stereocenters. The fraction of sp³-hybridized carbons (Fsp3) is 0.400. The van der Waals surface area contributed by atoms with Gasteiger partial charge in [0, 0.05) is 6.54 Å². The van der Waals surface area contributed by atoms with Gasteiger partial charge >= 0.3 is 0 Å². The first-order valence-electron chi connectivity index (χ1n) is 7.00. The molecule has 0 aliphatic rings. The predicted molar refractivity (Wildman–Crippen MR) is 79.4 cm³/mol. The third kappa shape index (κ3) is 3.06. The van der Waals surface area contributed by atoms with Crippen molar-refractivity contribution in [3.8, 4) is 5.75 Å². The fourth-order valence-electron chi connectivity index (χ4n) is 2.36. The number of nitrogens with zero attached hydrogens (tertiary/aromatic N) is 2. The van der Waals surface area contributed by atoms with Crippen molar-refractivity contribution in [2.24, 2.45) is 5.84 Å². The molecule has 6 heteroatoms. The Morgan fingerprint density at radius 2 is 2.14 bits per heavy atom. The Bertz CT molecular complexity index is 612. The van der Waals surface area contributed by atoms with Gasteiger partial charge < -0.3 is 4.74 Å². The van der Waals surface area contributed by atoms with E-state index in [1.54, 1.807) is 12.1 Å². The van der Waals surface area contributed by atoms with Crippen molar-refractivity contribution in [1.82, 2.24) is 15.2 Å². The largest absolute Gasteiger partial charge is 0.494 e. The molecule has 2 rings (SSSR count). The fourth-order valence-corrected chi connectivity index (χ4v) is 2.36. The Morgan fingerprint density at radius 1 is 1.38 bits per heavy atom. The zero-order valence-electron chi connectivity index (χ0n) is 12.6. The minimum atomic E-state index is -0.409. The molecule has 0 amide bonds. The minimum absolute atomic E-state index is 0.216. The van der Waals surface area contributed by atoms with Crippen molar-refractivity contribution in [2.45, 2.75) is 32.9 Å². The topological polar surface area (TPSA) is 65.1 Å². The molecule has 0 saturated carbocycles. The summed E-state index contributed by atoms with van der Waals surface area (Å²) in [5, 5.41) is 4.50. The van der Waals surface area contributed by atoms with Crippen molar-refractivity contribution in [1.29, 1.82) is 0 Å². The molecule has 1 aromatic heterocycles. The van der Waals surface area contributed by atoms with E-state index in [9.17, 15) is 4.39 Å². The summed E-state index contributed by atoms with van der Waals surface area (Å²) < 4.78 is 20.7. The first kappa shape index (κ1) is 15.5. The maximum atomic E-state index is 13.9. The van der Waals surface area contributed by atoms with E-state index >= 15 is 0 Å². The molecule has 0 radical (unpaired) electrons. The number of ether oxygens (including phenoxy) is 1. The van der Waals surface area contributed by atoms with Gasteiger partial charge in [0.15, 0.2) is 11.6 Å². The summed E-state index contributed by atoms with van der Waals surface area (Å²) in [6.07, 6.45) is 0.842. The average Bonchev–Trinajstić information content (AvgIpc) is 2.91. The number of hydrogen-bond acceptors (Lipinski definition) is 4. The molecule has 0 saturated heterocycles. The van der Waals surface area contributed by atoms with Crippen LogP contribution in [-0.2, 0) is 13.0 Å². The molecule has 0 spiro atoms. The summed E-state index contributed by atoms with van der Waals surface area (Å²) in [6.45, 7) is 4.79. The van der Waals surface area contributed by atoms with Gasteiger partial charge in [0.2, 0.25) is 0 Å². The third-order valence-electron chi connectivity index (χ3n) is 3.50. The molecule has 0 aliphatic carbocycles. The highest BCUT2D eigenvalue weighted by atomic mass is 19.1. The Balaban J connectivity index is 2.44. The van der Waals surface area contributed by atoms with Gasteiger partial charge in [-0.25, -0.2) is 9.82 Å². The van der Waals surface area contributed by atoms with Gasteiger partial charge in [-0.05, 0) is 37.1 Å². The lowest BCUT2D eigenvalue weighted by molar-refractivity contribution is 0.385. The van der Waals surface area contributed by atoms with E-state index in [1.807, 2.05) is 24.6 Å². The number of methoxy groups -OCH3 is 1. The van der Waals surface area contributed by atoms with E-state index in [1.165, 1.54) is 13.2 Å². The molecule has 21 heavy (non-hydrogen) atoms. The molecule has 0 fully saturated rings. The van der Waals surface area contributed by atoms with Crippen LogP contribution in [0.1, 0.15) is 36.8 Å². The normalized spacial score (nSPS) is 12.4. The summed E-state index contributed by atoms with van der Waals surface area (Å²) >= 11 is 0. The van der Waals surface area contributed by atoms with E-state index in [0.717, 1.165) is 29.9 Å². The molecule has 1 unspecified atom stereocenters. The van der Waals surface area contributed by atoms with E-state index in [2.05, 4.69) is 10.5 Å². The Hall–Kier alpha value is -1.92. The van der Waals surface area contributed by atoms with Crippen molar-refractivity contribution in [3.63, 3.8) is 0 Å². The van der Waals surface area contributed by atoms with Gasteiger partial charge in [-0.1, -0.05) is 13.0 Å². The predicted octanol–water partition coefficient (Wildman–Crippen LogP) is 2.17. The number of nitrogens with one attached hydrogen (secondary N) is 1. The molecule has 3 N–H and O–H groups in total. The van der Waals surface area contributed by atoms with Crippen LogP contribution in [0.25, 0.3) is 0 Å². The Labute approximate surface area is 123 Å². The van der Waals surface area contributed by atoms with E-state index in [-0.39, 0.29) is 11.8 Å². The standard InChI is InChI=1S/C15H21FN4O/c1-4-11-9-13(20(5-2)19-11)15(18-17)10-6-7-14(21-3)12(16)8-10/h6-9,15,18H,4-5,17H2,1-3H3. The van der Waals surface area contributed by atoms with Crippen LogP contribution in [0.15, 0.2) is 24.3 Å². The number of benzene rings is 1. The number of hydrogen-bond donors (Lipinski definition) is 2. The van der Waals surface area contributed by atoms with Crippen LogP contribution < -0.4 is 16.0 Å². The summed E-state index contributed by atoms with van der Waals surface area (Å²) in [5.74, 6) is 5.49. The van der Waals surface area contributed by atoms with E-state index in [4.69, 9.17) is 10.6 Å². The molecule has 5 nitrogen and oxygen atoms in total. The smallest absolute Gasteiger partial charge is 0.165 e. The zero-order valence-corrected chi connectivity index (χ0v) is 12.6. The van der Waals surface area contributed by atoms with Gasteiger partial charge in [-0.3, -0.25) is 10.5 Å². The lowest BCUT2D eigenvalue weighted by Crippen LogP contribution is -2.30. The van der Waals surface area contributed by atoms with Crippen molar-refractivity contribution < 1.29 is 9.13 Å². The number of hydrazine groups is 1. The second-order valence-electron chi connectivity index (χ2n) is 4.72. The zero-order chi connectivity index (χ0) is 15.4. The summed E-state index contributed by atoms with van der Waals surface area (Å²) in [5.41, 5.74) is 5.38. The first-order valence-corrected chi connectivity index (χ1v) is 7.00. The summed E-state index contributed by atoms with van der Waals surface area (Å²) in [4.78, 5) is 0. The maximum absolute atomic E-state index is 13.9. The highest BCUT2D eigenvalue weighted by Crippen LogP contribution is 2.26. The van der Waals surface area contributed by atoms with E-state index in [0.29, 0.717) is 0 Å². The van der Waals surface area contributed by atoms with Crippen LogP contribution in [0.2, 0.25) is 0 Å². The van der Waals surface area contributed by atoms with Gasteiger partial charge in [-0.15, -0.1) is 0 Å². The molecular weight excluding hydrogens is 271 g/mol. The third-order valence-corrected chi connectivity index (χ3v) is 3.50. The van der Waals surface area contributed by atoms with Crippen molar-refractivity contribution in [3.05, 3.63) is 47.0 Å². The first-order chi connectivity index (χ1) is 10.1.